The van der Waals surface area contributed by atoms with Crippen molar-refractivity contribution in [2.45, 2.75) is 39.2 Å². The van der Waals surface area contributed by atoms with Crippen LogP contribution in [0.1, 0.15) is 33.6 Å². The molecule has 3 aliphatic carbocycles. The molecule has 0 aromatic rings. The topological polar surface area (TPSA) is 69.9 Å². The minimum absolute atomic E-state index is 0.158. The number of carbonyl (C=O) groups is 1. The lowest BCUT2D eigenvalue weighted by atomic mass is 9.44. The average Bonchev–Trinajstić information content (AvgIpc) is 2.13. The molecule has 16 heavy (non-hydrogen) atoms. The first-order valence-corrected chi connectivity index (χ1v) is 5.74. The molecule has 0 radical (unpaired) electrons. The number of nitrogens with zero attached hydrogens (tertiary/aromatic N) is 1. The molecule has 0 saturated heterocycles. The molecule has 3 saturated carbocycles. The van der Waals surface area contributed by atoms with E-state index in [0.717, 1.165) is 12.8 Å². The Morgan fingerprint density at radius 3 is 2.56 bits per heavy atom. The quantitative estimate of drug-likeness (QED) is 0.744. The van der Waals surface area contributed by atoms with Crippen LogP contribution >= 0.6 is 0 Å². The summed E-state index contributed by atoms with van der Waals surface area (Å²) in [5.41, 5.74) is -0.0881. The van der Waals surface area contributed by atoms with Gasteiger partial charge in [0, 0.05) is 5.71 Å². The van der Waals surface area contributed by atoms with Gasteiger partial charge in [-0.25, -0.2) is 0 Å². The fourth-order valence-electron chi connectivity index (χ4n) is 3.35. The normalized spacial score (nSPS) is 42.9. The number of aliphatic carboxylic acids is 1. The van der Waals surface area contributed by atoms with Gasteiger partial charge in [-0.1, -0.05) is 13.8 Å². The van der Waals surface area contributed by atoms with Gasteiger partial charge in [-0.3, -0.25) is 9.79 Å². The van der Waals surface area contributed by atoms with Crippen molar-refractivity contribution in [3.63, 3.8) is 0 Å². The molecule has 3 rings (SSSR count). The summed E-state index contributed by atoms with van der Waals surface area (Å²) in [5, 5.41) is 19.1. The Hall–Kier alpha value is -0.900. The highest BCUT2D eigenvalue weighted by Crippen LogP contribution is 2.61. The van der Waals surface area contributed by atoms with Gasteiger partial charge in [0.25, 0.3) is 0 Å². The largest absolute Gasteiger partial charge is 0.480 e. The highest BCUT2D eigenvalue weighted by Gasteiger charge is 2.61. The zero-order valence-electron chi connectivity index (χ0n) is 10.0. The lowest BCUT2D eigenvalue weighted by Gasteiger charge is -2.62. The third-order valence-corrected chi connectivity index (χ3v) is 4.58. The Balaban J connectivity index is 2.21. The standard InChI is InChI=1S/C12H19NO3/c1-11(2)7-4-8(11)12(3,16)9(5-7)13-6-10(14)15/h7-8,16H,4-6H2,1-3H3,(H,14,15)/t7-,8-,12-/m1/s1. The summed E-state index contributed by atoms with van der Waals surface area (Å²) < 4.78 is 0. The Kier molecular flexibility index (Phi) is 2.38. The van der Waals surface area contributed by atoms with E-state index in [1.165, 1.54) is 0 Å². The van der Waals surface area contributed by atoms with Crippen LogP contribution in [0.4, 0.5) is 0 Å². The van der Waals surface area contributed by atoms with Gasteiger partial charge in [0.2, 0.25) is 0 Å². The van der Waals surface area contributed by atoms with Gasteiger partial charge in [-0.2, -0.15) is 0 Å². The van der Waals surface area contributed by atoms with Crippen molar-refractivity contribution in [3.05, 3.63) is 0 Å². The third kappa shape index (κ3) is 1.47. The Morgan fingerprint density at radius 2 is 2.12 bits per heavy atom. The SMILES string of the molecule is CC1(C)[C@H]2CC(=NCC(=O)O)[C@](C)(O)[C@@H]1C2. The van der Waals surface area contributed by atoms with Gasteiger partial charge in [0.05, 0.1) is 0 Å². The molecular formula is C12H19NO3. The van der Waals surface area contributed by atoms with Crippen molar-refractivity contribution in [1.82, 2.24) is 0 Å². The average molecular weight is 225 g/mol. The van der Waals surface area contributed by atoms with E-state index in [9.17, 15) is 9.90 Å². The molecule has 0 aromatic carbocycles. The molecule has 90 valence electrons. The fraction of sp³-hybridized carbons (Fsp3) is 0.833. The molecule has 0 aliphatic heterocycles. The number of aliphatic hydroxyl groups is 1. The first-order valence-electron chi connectivity index (χ1n) is 5.74. The van der Waals surface area contributed by atoms with E-state index in [-0.39, 0.29) is 17.9 Å². The van der Waals surface area contributed by atoms with E-state index in [1.54, 1.807) is 6.92 Å². The molecule has 3 aliphatic rings. The molecule has 0 amide bonds. The van der Waals surface area contributed by atoms with Crippen LogP contribution in [0.25, 0.3) is 0 Å². The van der Waals surface area contributed by atoms with Crippen LogP contribution in [0.5, 0.6) is 0 Å². The Bertz CT molecular complexity index is 357. The van der Waals surface area contributed by atoms with Gasteiger partial charge in [0.1, 0.15) is 12.1 Å². The van der Waals surface area contributed by atoms with Crippen molar-refractivity contribution in [2.75, 3.05) is 6.54 Å². The van der Waals surface area contributed by atoms with E-state index in [2.05, 4.69) is 18.8 Å². The minimum Gasteiger partial charge on any atom is -0.480 e. The van der Waals surface area contributed by atoms with Gasteiger partial charge in [-0.15, -0.1) is 0 Å². The highest BCUT2D eigenvalue weighted by molar-refractivity contribution is 5.95. The summed E-state index contributed by atoms with van der Waals surface area (Å²) in [4.78, 5) is 14.5. The molecule has 3 fully saturated rings. The molecule has 0 spiro atoms. The van der Waals surface area contributed by atoms with E-state index in [0.29, 0.717) is 11.6 Å². The number of fused-ring (bicyclic) bond motifs is 2. The predicted molar refractivity (Wildman–Crippen MR) is 60.6 cm³/mol. The molecule has 4 nitrogen and oxygen atoms in total. The smallest absolute Gasteiger partial charge is 0.325 e. The predicted octanol–water partition coefficient (Wildman–Crippen LogP) is 1.33. The summed E-state index contributed by atoms with van der Waals surface area (Å²) in [6, 6.07) is 0. The van der Waals surface area contributed by atoms with Crippen LogP contribution in [0.15, 0.2) is 4.99 Å². The maximum absolute atomic E-state index is 10.5. The Labute approximate surface area is 95.4 Å². The zero-order valence-corrected chi connectivity index (χ0v) is 10.0. The van der Waals surface area contributed by atoms with Gasteiger partial charge in [0.15, 0.2) is 0 Å². The lowest BCUT2D eigenvalue weighted by Crippen LogP contribution is -2.64. The number of hydrogen-bond acceptors (Lipinski definition) is 3. The molecule has 0 unspecified atom stereocenters. The molecule has 2 N–H and O–H groups in total. The number of hydrogen-bond donors (Lipinski definition) is 2. The first-order chi connectivity index (χ1) is 7.26. The number of aliphatic imine (C=N–C) groups is 1. The Morgan fingerprint density at radius 1 is 1.50 bits per heavy atom. The fourth-order valence-corrected chi connectivity index (χ4v) is 3.35. The van der Waals surface area contributed by atoms with Crippen LogP contribution in [0.3, 0.4) is 0 Å². The van der Waals surface area contributed by atoms with Gasteiger partial charge < -0.3 is 10.2 Å². The van der Waals surface area contributed by atoms with Gasteiger partial charge in [-0.05, 0) is 37.0 Å². The second kappa shape index (κ2) is 3.29. The lowest BCUT2D eigenvalue weighted by molar-refractivity contribution is -0.136. The van der Waals surface area contributed by atoms with Crippen LogP contribution in [-0.2, 0) is 4.79 Å². The van der Waals surface area contributed by atoms with E-state index in [4.69, 9.17) is 5.11 Å². The third-order valence-electron chi connectivity index (χ3n) is 4.58. The van der Waals surface area contributed by atoms with Crippen molar-refractivity contribution in [3.8, 4) is 0 Å². The van der Waals surface area contributed by atoms with Crippen LogP contribution in [0, 0.1) is 17.3 Å². The first kappa shape index (κ1) is 11.6. The molecule has 0 heterocycles. The molecule has 3 atom stereocenters. The molecular weight excluding hydrogens is 206 g/mol. The monoisotopic (exact) mass is 225 g/mol. The molecule has 0 aromatic heterocycles. The summed E-state index contributed by atoms with van der Waals surface area (Å²) in [7, 11) is 0. The second-order valence-corrected chi connectivity index (χ2v) is 5.81. The van der Waals surface area contributed by atoms with E-state index < -0.39 is 11.6 Å². The van der Waals surface area contributed by atoms with Crippen molar-refractivity contribution >= 4 is 11.7 Å². The number of carboxylic acids is 1. The summed E-state index contributed by atoms with van der Waals surface area (Å²) in [6.45, 7) is 5.89. The maximum atomic E-state index is 10.5. The van der Waals surface area contributed by atoms with Crippen molar-refractivity contribution in [1.29, 1.82) is 0 Å². The minimum atomic E-state index is -0.943. The molecule has 4 heteroatoms. The number of carboxylic acid groups (broad SMARTS) is 1. The maximum Gasteiger partial charge on any atom is 0.325 e. The van der Waals surface area contributed by atoms with E-state index >= 15 is 0 Å². The van der Waals surface area contributed by atoms with Crippen molar-refractivity contribution in [2.24, 2.45) is 22.2 Å². The summed E-state index contributed by atoms with van der Waals surface area (Å²) in [5.74, 6) is -0.182. The van der Waals surface area contributed by atoms with Crippen LogP contribution < -0.4 is 0 Å². The van der Waals surface area contributed by atoms with E-state index in [1.807, 2.05) is 0 Å². The summed E-state index contributed by atoms with van der Waals surface area (Å²) in [6.07, 6.45) is 1.77. The van der Waals surface area contributed by atoms with Crippen LogP contribution in [-0.4, -0.2) is 34.0 Å². The van der Waals surface area contributed by atoms with Gasteiger partial charge >= 0.3 is 5.97 Å². The van der Waals surface area contributed by atoms with Crippen LogP contribution in [0.2, 0.25) is 0 Å². The second-order valence-electron chi connectivity index (χ2n) is 5.81. The summed E-state index contributed by atoms with van der Waals surface area (Å²) >= 11 is 0. The van der Waals surface area contributed by atoms with Crippen molar-refractivity contribution < 1.29 is 15.0 Å². The highest BCUT2D eigenvalue weighted by atomic mass is 16.4. The number of rotatable bonds is 2. The zero-order chi connectivity index (χ0) is 12.1. The molecule has 2 bridgehead atoms.